The van der Waals surface area contributed by atoms with Crippen molar-refractivity contribution in [3.8, 4) is 0 Å². The molecule has 0 saturated heterocycles. The molecule has 2 aliphatic rings. The predicted molar refractivity (Wildman–Crippen MR) is 109 cm³/mol. The van der Waals surface area contributed by atoms with Crippen molar-refractivity contribution in [1.82, 2.24) is 10.6 Å². The monoisotopic (exact) mass is 375 g/mol. The summed E-state index contributed by atoms with van der Waals surface area (Å²) in [6.45, 7) is 4.57. The minimum atomic E-state index is -0.666. The summed E-state index contributed by atoms with van der Waals surface area (Å²) in [5.74, 6) is 0.876. The van der Waals surface area contributed by atoms with Crippen molar-refractivity contribution in [3.05, 3.63) is 0 Å². The van der Waals surface area contributed by atoms with Crippen LogP contribution in [0.3, 0.4) is 0 Å². The Bertz CT molecular complexity index is 595. The molecule has 1 unspecified atom stereocenters. The van der Waals surface area contributed by atoms with Crippen LogP contribution in [-0.2, 0) is 9.59 Å². The molecule has 0 aromatic carbocycles. The van der Waals surface area contributed by atoms with Gasteiger partial charge >= 0.3 is 0 Å². The van der Waals surface area contributed by atoms with Gasteiger partial charge in [0.25, 0.3) is 5.91 Å². The molecule has 0 aliphatic carbocycles. The lowest BCUT2D eigenvalue weighted by molar-refractivity contribution is -0.120. The maximum atomic E-state index is 12.0. The summed E-state index contributed by atoms with van der Waals surface area (Å²) < 4.78 is 0. The summed E-state index contributed by atoms with van der Waals surface area (Å²) >= 11 is 0. The fourth-order valence-corrected chi connectivity index (χ4v) is 3.23. The lowest BCUT2D eigenvalue weighted by Gasteiger charge is -2.17. The van der Waals surface area contributed by atoms with Crippen molar-refractivity contribution < 1.29 is 9.59 Å². The number of amidine groups is 1. The van der Waals surface area contributed by atoms with Crippen LogP contribution in [0.5, 0.6) is 0 Å². The lowest BCUT2D eigenvalue weighted by atomic mass is 10.0. The molecule has 2 heterocycles. The zero-order valence-corrected chi connectivity index (χ0v) is 16.7. The van der Waals surface area contributed by atoms with E-state index in [1.165, 1.54) is 57.7 Å². The van der Waals surface area contributed by atoms with Gasteiger partial charge in [-0.1, -0.05) is 71.6 Å². The largest absolute Gasteiger partial charge is 0.296 e. The van der Waals surface area contributed by atoms with E-state index in [0.29, 0.717) is 12.3 Å². The van der Waals surface area contributed by atoms with E-state index in [4.69, 9.17) is 0 Å². The van der Waals surface area contributed by atoms with Crippen LogP contribution in [0.2, 0.25) is 0 Å². The Morgan fingerprint density at radius 2 is 1.70 bits per heavy atom. The average Bonchev–Trinajstić information content (AvgIpc) is 3.08. The molecule has 0 bridgehead atoms. The molecule has 2 N–H and O–H groups in total. The number of nitrogens with zero attached hydrogens (tertiary/aromatic N) is 3. The molecule has 7 heteroatoms. The van der Waals surface area contributed by atoms with Crippen molar-refractivity contribution in [2.45, 2.75) is 90.5 Å². The maximum Gasteiger partial charge on any atom is 0.259 e. The van der Waals surface area contributed by atoms with Gasteiger partial charge in [0.15, 0.2) is 11.9 Å². The lowest BCUT2D eigenvalue weighted by Crippen LogP contribution is -2.52. The third kappa shape index (κ3) is 8.01. The summed E-state index contributed by atoms with van der Waals surface area (Å²) in [6, 6.07) is -0.666. The zero-order valence-electron chi connectivity index (χ0n) is 16.7. The number of nitrogens with one attached hydrogen (secondary N) is 2. The number of hydrogen-bond donors (Lipinski definition) is 2. The van der Waals surface area contributed by atoms with Crippen LogP contribution in [0, 0.1) is 5.92 Å². The fourth-order valence-electron chi connectivity index (χ4n) is 3.23. The summed E-state index contributed by atoms with van der Waals surface area (Å²) in [4.78, 5) is 35.7. The Morgan fingerprint density at radius 1 is 1.07 bits per heavy atom. The number of guanidine groups is 1. The highest BCUT2D eigenvalue weighted by atomic mass is 16.2. The minimum Gasteiger partial charge on any atom is -0.296 e. The van der Waals surface area contributed by atoms with Crippen molar-refractivity contribution >= 4 is 29.9 Å². The fraction of sp³-hybridized carbons (Fsp3) is 0.750. The van der Waals surface area contributed by atoms with E-state index in [-0.39, 0.29) is 17.8 Å². The molecule has 0 aromatic rings. The number of carbonyl (C=O) groups is 2. The van der Waals surface area contributed by atoms with Crippen molar-refractivity contribution in [2.75, 3.05) is 0 Å². The normalized spacial score (nSPS) is 18.2. The van der Waals surface area contributed by atoms with E-state index in [9.17, 15) is 9.59 Å². The molecule has 27 heavy (non-hydrogen) atoms. The number of unbranched alkanes of at least 4 members (excludes halogenated alkanes) is 8. The summed E-state index contributed by atoms with van der Waals surface area (Å²) in [5, 5.41) is 5.19. The third-order valence-electron chi connectivity index (χ3n) is 4.81. The van der Waals surface area contributed by atoms with Crippen LogP contribution in [-0.4, -0.2) is 36.0 Å². The molecule has 7 nitrogen and oxygen atoms in total. The Kier molecular flexibility index (Phi) is 9.15. The average molecular weight is 376 g/mol. The Hall–Kier alpha value is -2.05. The first kappa shape index (κ1) is 21.3. The zero-order chi connectivity index (χ0) is 19.5. The van der Waals surface area contributed by atoms with E-state index in [1.807, 2.05) is 0 Å². The molecule has 2 amide bonds. The second-order valence-corrected chi connectivity index (χ2v) is 7.77. The first-order chi connectivity index (χ1) is 13.1. The van der Waals surface area contributed by atoms with Gasteiger partial charge in [0.2, 0.25) is 11.9 Å². The molecule has 150 valence electrons. The van der Waals surface area contributed by atoms with E-state index in [1.54, 1.807) is 0 Å². The Morgan fingerprint density at radius 3 is 2.37 bits per heavy atom. The summed E-state index contributed by atoms with van der Waals surface area (Å²) in [7, 11) is 0. The number of rotatable bonds is 12. The number of aliphatic imine (C=N–C) groups is 3. The topological polar surface area (TPSA) is 95.3 Å². The van der Waals surface area contributed by atoms with Gasteiger partial charge in [0.05, 0.1) is 0 Å². The molecule has 0 radical (unpaired) electrons. The quantitative estimate of drug-likeness (QED) is 0.512. The van der Waals surface area contributed by atoms with Gasteiger partial charge in [-0.25, -0.2) is 4.99 Å². The van der Waals surface area contributed by atoms with Gasteiger partial charge in [-0.15, -0.1) is 0 Å². The van der Waals surface area contributed by atoms with E-state index < -0.39 is 6.04 Å². The van der Waals surface area contributed by atoms with E-state index >= 15 is 0 Å². The smallest absolute Gasteiger partial charge is 0.259 e. The second kappa shape index (κ2) is 11.6. The van der Waals surface area contributed by atoms with Crippen LogP contribution in [0.4, 0.5) is 0 Å². The standard InChI is InChI=1S/C20H33N5O2/c1-15(2)12-10-8-6-4-3-5-7-9-11-13-16(26)23-20-24-18-17(19(27)25-20)21-14-22-18/h14-15,17H,3-13H2,1-2H3,(H2,21,22,23,24,25,26,27). The molecular weight excluding hydrogens is 342 g/mol. The Labute approximate surface area is 162 Å². The van der Waals surface area contributed by atoms with E-state index in [0.717, 1.165) is 18.8 Å². The molecule has 0 aromatic heterocycles. The molecular formula is C20H33N5O2. The highest BCUT2D eigenvalue weighted by molar-refractivity contribution is 6.24. The highest BCUT2D eigenvalue weighted by Gasteiger charge is 2.31. The summed E-state index contributed by atoms with van der Waals surface area (Å²) in [6.07, 6.45) is 14.1. The van der Waals surface area contributed by atoms with Crippen LogP contribution >= 0.6 is 0 Å². The molecule has 2 aliphatic heterocycles. The van der Waals surface area contributed by atoms with Crippen molar-refractivity contribution in [2.24, 2.45) is 20.9 Å². The molecule has 1 atom stereocenters. The number of amides is 2. The SMILES string of the molecule is CC(C)CCCCCCCCCCCC(=O)NC1=NC2=NC=NC2C(=O)N1. The van der Waals surface area contributed by atoms with Crippen LogP contribution in [0.1, 0.15) is 84.5 Å². The van der Waals surface area contributed by atoms with Gasteiger partial charge in [0, 0.05) is 6.42 Å². The molecule has 0 fully saturated rings. The Balaban J connectivity index is 1.46. The first-order valence-electron chi connectivity index (χ1n) is 10.3. The molecule has 2 rings (SSSR count). The minimum absolute atomic E-state index is 0.128. The van der Waals surface area contributed by atoms with Gasteiger partial charge in [0.1, 0.15) is 6.34 Å². The van der Waals surface area contributed by atoms with Crippen LogP contribution in [0.25, 0.3) is 0 Å². The third-order valence-corrected chi connectivity index (χ3v) is 4.81. The van der Waals surface area contributed by atoms with Gasteiger partial charge in [-0.3, -0.25) is 25.2 Å². The first-order valence-corrected chi connectivity index (χ1v) is 10.3. The van der Waals surface area contributed by atoms with Crippen LogP contribution in [0.15, 0.2) is 15.0 Å². The van der Waals surface area contributed by atoms with Gasteiger partial charge < -0.3 is 0 Å². The number of carbonyl (C=O) groups excluding carboxylic acids is 2. The van der Waals surface area contributed by atoms with E-state index in [2.05, 4.69) is 39.5 Å². The second-order valence-electron chi connectivity index (χ2n) is 7.77. The molecule has 0 spiro atoms. The van der Waals surface area contributed by atoms with Crippen LogP contribution < -0.4 is 10.6 Å². The molecule has 0 saturated carbocycles. The number of hydrogen-bond acceptors (Lipinski definition) is 5. The van der Waals surface area contributed by atoms with Crippen molar-refractivity contribution in [3.63, 3.8) is 0 Å². The maximum absolute atomic E-state index is 12.0. The van der Waals surface area contributed by atoms with Crippen molar-refractivity contribution in [1.29, 1.82) is 0 Å². The van der Waals surface area contributed by atoms with Gasteiger partial charge in [-0.2, -0.15) is 4.99 Å². The summed E-state index contributed by atoms with van der Waals surface area (Å²) in [5.41, 5.74) is 0. The predicted octanol–water partition coefficient (Wildman–Crippen LogP) is 3.34. The van der Waals surface area contributed by atoms with Gasteiger partial charge in [-0.05, 0) is 12.3 Å². The highest BCUT2D eigenvalue weighted by Crippen LogP contribution is 2.13. The number of fused-ring (bicyclic) bond motifs is 1.